The molecule has 0 fully saturated rings. The molecule has 0 aliphatic heterocycles. The molecule has 0 unspecified atom stereocenters. The Morgan fingerprint density at radius 3 is 2.34 bits per heavy atom. The summed E-state index contributed by atoms with van der Waals surface area (Å²) in [5.41, 5.74) is 5.31. The summed E-state index contributed by atoms with van der Waals surface area (Å²) in [5.74, 6) is 6.07. The van der Waals surface area contributed by atoms with Gasteiger partial charge in [-0.25, -0.2) is 4.79 Å². The van der Waals surface area contributed by atoms with Gasteiger partial charge in [0.05, 0.1) is 18.0 Å². The molecule has 0 aromatic heterocycles. The number of esters is 1. The summed E-state index contributed by atoms with van der Waals surface area (Å²) in [6.07, 6.45) is 1.48. The third-order valence-electron chi connectivity index (χ3n) is 4.19. The maximum atomic E-state index is 12.1. The van der Waals surface area contributed by atoms with E-state index in [9.17, 15) is 4.79 Å². The molecule has 3 heteroatoms. The quantitative estimate of drug-likeness (QED) is 0.365. The smallest absolute Gasteiger partial charge is 0.332 e. The molecule has 3 aromatic rings. The highest BCUT2D eigenvalue weighted by molar-refractivity contribution is 5.95. The van der Waals surface area contributed by atoms with Gasteiger partial charge in [0.15, 0.2) is 0 Å². The first-order chi connectivity index (χ1) is 14.2. The minimum Gasteiger partial charge on any atom is -0.463 e. The normalized spacial score (nSPS) is 10.6. The maximum absolute atomic E-state index is 12.1. The molecule has 0 aliphatic carbocycles. The largest absolute Gasteiger partial charge is 0.463 e. The van der Waals surface area contributed by atoms with Gasteiger partial charge in [0.1, 0.15) is 0 Å². The maximum Gasteiger partial charge on any atom is 0.332 e. The molecule has 29 heavy (non-hydrogen) atoms. The average Bonchev–Trinajstić information content (AvgIpc) is 2.75. The molecule has 0 atom stereocenters. The highest BCUT2D eigenvalue weighted by Crippen LogP contribution is 2.23. The minimum absolute atomic E-state index is 0.329. The van der Waals surface area contributed by atoms with Crippen LogP contribution >= 0.6 is 0 Å². The van der Waals surface area contributed by atoms with E-state index >= 15 is 0 Å². The number of hydrogen-bond acceptors (Lipinski definition) is 3. The number of hydrogen-bond donors (Lipinski definition) is 1. The second-order valence-corrected chi connectivity index (χ2v) is 6.47. The van der Waals surface area contributed by atoms with Crippen molar-refractivity contribution in [2.24, 2.45) is 0 Å². The van der Waals surface area contributed by atoms with E-state index in [1.165, 1.54) is 6.08 Å². The Morgan fingerprint density at radius 1 is 0.966 bits per heavy atom. The summed E-state index contributed by atoms with van der Waals surface area (Å²) in [6.45, 7) is 4.15. The van der Waals surface area contributed by atoms with Crippen molar-refractivity contribution in [2.45, 2.75) is 13.8 Å². The summed E-state index contributed by atoms with van der Waals surface area (Å²) in [7, 11) is 0. The molecular weight excluding hydrogens is 358 g/mol. The molecule has 0 amide bonds. The summed E-state index contributed by atoms with van der Waals surface area (Å²) in [5, 5.41) is 3.37. The zero-order valence-electron chi connectivity index (χ0n) is 16.6. The van der Waals surface area contributed by atoms with Crippen molar-refractivity contribution in [2.75, 3.05) is 11.9 Å². The van der Waals surface area contributed by atoms with Crippen molar-refractivity contribution in [3.63, 3.8) is 0 Å². The molecule has 0 saturated carbocycles. The number of ether oxygens (including phenoxy) is 1. The number of rotatable bonds is 5. The first kappa shape index (κ1) is 20.0. The van der Waals surface area contributed by atoms with Crippen LogP contribution in [0.25, 0.3) is 5.70 Å². The van der Waals surface area contributed by atoms with Crippen LogP contribution in [0.5, 0.6) is 0 Å². The zero-order valence-corrected chi connectivity index (χ0v) is 16.6. The summed E-state index contributed by atoms with van der Waals surface area (Å²) in [6, 6.07) is 25.6. The number of carbonyl (C=O) groups excluding carboxylic acids is 1. The lowest BCUT2D eigenvalue weighted by atomic mass is 10.1. The Labute approximate surface area is 172 Å². The lowest BCUT2D eigenvalue weighted by molar-refractivity contribution is -0.137. The van der Waals surface area contributed by atoms with Gasteiger partial charge in [-0.2, -0.15) is 0 Å². The molecule has 3 aromatic carbocycles. The number of benzene rings is 3. The van der Waals surface area contributed by atoms with E-state index in [1.54, 1.807) is 6.92 Å². The first-order valence-electron chi connectivity index (χ1n) is 9.54. The SMILES string of the molecule is CCOC(=O)/C=C(/Nc1ccc(C)cc1C#Cc1ccccc1)c1ccccc1. The van der Waals surface area contributed by atoms with Gasteiger partial charge >= 0.3 is 5.97 Å². The van der Waals surface area contributed by atoms with Crippen LogP contribution < -0.4 is 5.32 Å². The highest BCUT2D eigenvalue weighted by atomic mass is 16.5. The summed E-state index contributed by atoms with van der Waals surface area (Å²) in [4.78, 5) is 12.1. The number of carbonyl (C=O) groups is 1. The predicted molar refractivity (Wildman–Crippen MR) is 118 cm³/mol. The van der Waals surface area contributed by atoms with Crippen molar-refractivity contribution in [1.29, 1.82) is 0 Å². The molecule has 3 nitrogen and oxygen atoms in total. The fraction of sp³-hybridized carbons (Fsp3) is 0.115. The van der Waals surface area contributed by atoms with Crippen LogP contribution in [-0.4, -0.2) is 12.6 Å². The highest BCUT2D eigenvalue weighted by Gasteiger charge is 2.09. The third kappa shape index (κ3) is 5.85. The van der Waals surface area contributed by atoms with E-state index < -0.39 is 0 Å². The van der Waals surface area contributed by atoms with Gasteiger partial charge in [-0.15, -0.1) is 0 Å². The van der Waals surface area contributed by atoms with E-state index in [0.717, 1.165) is 27.9 Å². The Balaban J connectivity index is 1.98. The lowest BCUT2D eigenvalue weighted by Crippen LogP contribution is -2.06. The Bertz CT molecular complexity index is 1060. The molecule has 0 radical (unpaired) electrons. The zero-order chi connectivity index (χ0) is 20.5. The van der Waals surface area contributed by atoms with Crippen LogP contribution in [0.15, 0.2) is 84.9 Å². The van der Waals surface area contributed by atoms with Gasteiger partial charge in [0, 0.05) is 17.2 Å². The molecule has 3 rings (SSSR count). The molecule has 0 spiro atoms. The van der Waals surface area contributed by atoms with E-state index in [1.807, 2.05) is 85.8 Å². The molecule has 144 valence electrons. The summed E-state index contributed by atoms with van der Waals surface area (Å²) < 4.78 is 5.10. The standard InChI is InChI=1S/C26H23NO2/c1-3-29-26(28)19-25(22-12-8-5-9-13-22)27-24-17-14-20(2)18-23(24)16-15-21-10-6-4-7-11-21/h4-14,17-19,27H,3H2,1-2H3/b25-19+. The van der Waals surface area contributed by atoms with Gasteiger partial charge in [-0.1, -0.05) is 66.4 Å². The fourth-order valence-electron chi connectivity index (χ4n) is 2.79. The molecule has 0 aliphatic rings. The molecule has 0 heterocycles. The molecule has 1 N–H and O–H groups in total. The third-order valence-corrected chi connectivity index (χ3v) is 4.19. The Morgan fingerprint density at radius 2 is 1.66 bits per heavy atom. The van der Waals surface area contributed by atoms with Crippen molar-refractivity contribution in [3.8, 4) is 11.8 Å². The van der Waals surface area contributed by atoms with E-state index in [0.29, 0.717) is 12.3 Å². The van der Waals surface area contributed by atoms with Crippen molar-refractivity contribution in [1.82, 2.24) is 0 Å². The van der Waals surface area contributed by atoms with Gasteiger partial charge < -0.3 is 10.1 Å². The molecule has 0 saturated heterocycles. The molecular formula is C26H23NO2. The summed E-state index contributed by atoms with van der Waals surface area (Å²) >= 11 is 0. The Hall–Kier alpha value is -3.77. The van der Waals surface area contributed by atoms with Crippen LogP contribution in [0.1, 0.15) is 29.2 Å². The number of aryl methyl sites for hydroxylation is 1. The van der Waals surface area contributed by atoms with Gasteiger partial charge in [0.25, 0.3) is 0 Å². The fourth-order valence-corrected chi connectivity index (χ4v) is 2.79. The Kier molecular flexibility index (Phi) is 6.86. The van der Waals surface area contributed by atoms with E-state index in [2.05, 4.69) is 17.2 Å². The number of anilines is 1. The van der Waals surface area contributed by atoms with Crippen LogP contribution in [0.2, 0.25) is 0 Å². The second kappa shape index (κ2) is 9.96. The van der Waals surface area contributed by atoms with Crippen molar-refractivity contribution in [3.05, 3.63) is 107 Å². The lowest BCUT2D eigenvalue weighted by Gasteiger charge is -2.14. The van der Waals surface area contributed by atoms with Crippen LogP contribution in [-0.2, 0) is 9.53 Å². The van der Waals surface area contributed by atoms with Gasteiger partial charge in [-0.05, 0) is 49.2 Å². The molecule has 0 bridgehead atoms. The van der Waals surface area contributed by atoms with Crippen LogP contribution in [0.4, 0.5) is 5.69 Å². The second-order valence-electron chi connectivity index (χ2n) is 6.47. The average molecular weight is 381 g/mol. The van der Waals surface area contributed by atoms with Gasteiger partial charge in [0.2, 0.25) is 0 Å². The van der Waals surface area contributed by atoms with E-state index in [-0.39, 0.29) is 5.97 Å². The van der Waals surface area contributed by atoms with Gasteiger partial charge in [-0.3, -0.25) is 0 Å². The number of nitrogens with one attached hydrogen (secondary N) is 1. The van der Waals surface area contributed by atoms with Crippen molar-refractivity contribution < 1.29 is 9.53 Å². The van der Waals surface area contributed by atoms with E-state index in [4.69, 9.17) is 4.74 Å². The monoisotopic (exact) mass is 381 g/mol. The van der Waals surface area contributed by atoms with Crippen LogP contribution in [0.3, 0.4) is 0 Å². The minimum atomic E-state index is -0.386. The first-order valence-corrected chi connectivity index (χ1v) is 9.54. The van der Waals surface area contributed by atoms with Crippen LogP contribution in [0, 0.1) is 18.8 Å². The van der Waals surface area contributed by atoms with Crippen molar-refractivity contribution >= 4 is 17.4 Å². The topological polar surface area (TPSA) is 38.3 Å². The predicted octanol–water partition coefficient (Wildman–Crippen LogP) is 5.41.